The number of hydrogen-bond donors (Lipinski definition) is 2. The molecule has 36 heavy (non-hydrogen) atoms. The lowest BCUT2D eigenvalue weighted by molar-refractivity contribution is -0.138. The SMILES string of the molecule is Cc1onc(-c2ccc(-c3ccc(C(C)C(=O)O)cc3)cc2)c1NC(=O)OC(C)c1ccccc1Cl. The first-order valence-electron chi connectivity index (χ1n) is 11.4. The highest BCUT2D eigenvalue weighted by Gasteiger charge is 2.20. The van der Waals surface area contributed by atoms with Crippen LogP contribution in [0, 0.1) is 6.92 Å². The van der Waals surface area contributed by atoms with Crippen LogP contribution in [0.4, 0.5) is 10.5 Å². The minimum atomic E-state index is -0.860. The van der Waals surface area contributed by atoms with Gasteiger partial charge in [-0.15, -0.1) is 0 Å². The fourth-order valence-electron chi connectivity index (χ4n) is 3.80. The van der Waals surface area contributed by atoms with Crippen LogP contribution in [0.1, 0.15) is 42.8 Å². The number of carboxylic acids is 1. The third-order valence-corrected chi connectivity index (χ3v) is 6.33. The Hall–Kier alpha value is -4.10. The van der Waals surface area contributed by atoms with Crippen molar-refractivity contribution in [3.63, 3.8) is 0 Å². The average Bonchev–Trinajstić information content (AvgIpc) is 3.23. The van der Waals surface area contributed by atoms with E-state index in [0.29, 0.717) is 27.7 Å². The lowest BCUT2D eigenvalue weighted by atomic mass is 9.97. The number of rotatable bonds is 7. The number of carbonyl (C=O) groups is 2. The Morgan fingerprint density at radius 1 is 0.944 bits per heavy atom. The summed E-state index contributed by atoms with van der Waals surface area (Å²) in [6, 6.07) is 22.2. The smallest absolute Gasteiger partial charge is 0.412 e. The maximum absolute atomic E-state index is 12.6. The molecule has 2 atom stereocenters. The predicted molar refractivity (Wildman–Crippen MR) is 138 cm³/mol. The monoisotopic (exact) mass is 504 g/mol. The number of amides is 1. The zero-order chi connectivity index (χ0) is 25.8. The van der Waals surface area contributed by atoms with Crippen molar-refractivity contribution in [1.29, 1.82) is 0 Å². The summed E-state index contributed by atoms with van der Waals surface area (Å²) >= 11 is 6.21. The van der Waals surface area contributed by atoms with Gasteiger partial charge in [-0.3, -0.25) is 10.1 Å². The summed E-state index contributed by atoms with van der Waals surface area (Å²) in [7, 11) is 0. The maximum Gasteiger partial charge on any atom is 0.412 e. The molecule has 7 nitrogen and oxygen atoms in total. The first kappa shape index (κ1) is 25.0. The van der Waals surface area contributed by atoms with Crippen molar-refractivity contribution in [2.75, 3.05) is 5.32 Å². The van der Waals surface area contributed by atoms with Crippen molar-refractivity contribution in [2.24, 2.45) is 0 Å². The van der Waals surface area contributed by atoms with Crippen LogP contribution in [-0.2, 0) is 9.53 Å². The third kappa shape index (κ3) is 5.42. The molecule has 0 aliphatic carbocycles. The molecule has 1 aromatic heterocycles. The molecule has 1 heterocycles. The van der Waals surface area contributed by atoms with Crippen molar-refractivity contribution in [2.45, 2.75) is 32.8 Å². The Balaban J connectivity index is 1.49. The molecule has 1 amide bonds. The van der Waals surface area contributed by atoms with E-state index in [1.807, 2.05) is 60.7 Å². The van der Waals surface area contributed by atoms with E-state index in [4.69, 9.17) is 20.9 Å². The summed E-state index contributed by atoms with van der Waals surface area (Å²) in [6.45, 7) is 5.11. The Labute approximate surface area is 213 Å². The van der Waals surface area contributed by atoms with Gasteiger partial charge < -0.3 is 14.4 Å². The van der Waals surface area contributed by atoms with E-state index < -0.39 is 24.1 Å². The van der Waals surface area contributed by atoms with E-state index in [2.05, 4.69) is 10.5 Å². The van der Waals surface area contributed by atoms with Gasteiger partial charge in [-0.2, -0.15) is 0 Å². The van der Waals surface area contributed by atoms with Crippen LogP contribution in [0.3, 0.4) is 0 Å². The Kier molecular flexibility index (Phi) is 7.41. The van der Waals surface area contributed by atoms with Crippen molar-refractivity contribution >= 4 is 29.4 Å². The van der Waals surface area contributed by atoms with E-state index in [-0.39, 0.29) is 0 Å². The van der Waals surface area contributed by atoms with Crippen LogP contribution < -0.4 is 5.32 Å². The third-order valence-electron chi connectivity index (χ3n) is 5.99. The standard InChI is InChI=1S/C28H25ClN2O5/c1-16(27(32)33)19-8-10-20(11-9-19)21-12-14-22(15-13-21)26-25(18(3)36-31-26)30-28(34)35-17(2)23-6-4-5-7-24(23)29/h4-17H,1-3H3,(H,30,34)(H,32,33). The summed E-state index contributed by atoms with van der Waals surface area (Å²) in [5.41, 5.74) is 5.01. The van der Waals surface area contributed by atoms with E-state index >= 15 is 0 Å². The summed E-state index contributed by atoms with van der Waals surface area (Å²) in [4.78, 5) is 23.8. The van der Waals surface area contributed by atoms with Crippen LogP contribution >= 0.6 is 11.6 Å². The molecule has 0 fully saturated rings. The predicted octanol–water partition coefficient (Wildman–Crippen LogP) is 7.47. The second kappa shape index (κ2) is 10.7. The van der Waals surface area contributed by atoms with Crippen molar-refractivity contribution in [3.8, 4) is 22.4 Å². The molecular weight excluding hydrogens is 480 g/mol. The van der Waals surface area contributed by atoms with Gasteiger partial charge in [0.1, 0.15) is 17.5 Å². The minimum absolute atomic E-state index is 0.422. The summed E-state index contributed by atoms with van der Waals surface area (Å²) < 4.78 is 10.9. The van der Waals surface area contributed by atoms with Crippen LogP contribution in [-0.4, -0.2) is 22.3 Å². The normalized spacial score (nSPS) is 12.6. The van der Waals surface area contributed by atoms with Gasteiger partial charge in [0.25, 0.3) is 0 Å². The number of carbonyl (C=O) groups excluding carboxylic acids is 1. The second-order valence-corrected chi connectivity index (χ2v) is 8.82. The largest absolute Gasteiger partial charge is 0.481 e. The quantitative estimate of drug-likeness (QED) is 0.270. The molecule has 0 bridgehead atoms. The van der Waals surface area contributed by atoms with Gasteiger partial charge in [-0.25, -0.2) is 4.79 Å². The summed E-state index contributed by atoms with van der Waals surface area (Å²) in [5, 5.41) is 16.6. The zero-order valence-electron chi connectivity index (χ0n) is 20.0. The zero-order valence-corrected chi connectivity index (χ0v) is 20.7. The number of halogens is 1. The first-order valence-corrected chi connectivity index (χ1v) is 11.7. The average molecular weight is 505 g/mol. The lowest BCUT2D eigenvalue weighted by Crippen LogP contribution is -2.17. The van der Waals surface area contributed by atoms with Crippen LogP contribution in [0.5, 0.6) is 0 Å². The molecule has 2 N–H and O–H groups in total. The van der Waals surface area contributed by atoms with E-state index in [0.717, 1.165) is 22.3 Å². The molecule has 184 valence electrons. The van der Waals surface area contributed by atoms with Crippen LogP contribution in [0.25, 0.3) is 22.4 Å². The van der Waals surface area contributed by atoms with Gasteiger partial charge in [0, 0.05) is 16.1 Å². The van der Waals surface area contributed by atoms with E-state index in [9.17, 15) is 14.7 Å². The van der Waals surface area contributed by atoms with Crippen molar-refractivity contribution in [1.82, 2.24) is 5.16 Å². The summed E-state index contributed by atoms with van der Waals surface area (Å²) in [6.07, 6.45) is -1.20. The number of nitrogens with one attached hydrogen (secondary N) is 1. The molecule has 0 saturated carbocycles. The van der Waals surface area contributed by atoms with Crippen molar-refractivity contribution in [3.05, 3.63) is 94.7 Å². The molecular formula is C28H25ClN2O5. The fraction of sp³-hybridized carbons (Fsp3) is 0.179. The Bertz CT molecular complexity index is 1380. The number of aliphatic carboxylic acids is 1. The molecule has 8 heteroatoms. The Morgan fingerprint density at radius 3 is 2.14 bits per heavy atom. The number of aromatic nitrogens is 1. The molecule has 0 aliphatic heterocycles. The minimum Gasteiger partial charge on any atom is -0.481 e. The molecule has 4 aromatic rings. The van der Waals surface area contributed by atoms with Gasteiger partial charge >= 0.3 is 12.1 Å². The molecule has 0 aliphatic rings. The number of aryl methyl sites for hydroxylation is 1. The molecule has 0 radical (unpaired) electrons. The topological polar surface area (TPSA) is 102 Å². The molecule has 0 spiro atoms. The molecule has 4 rings (SSSR count). The molecule has 0 saturated heterocycles. The van der Waals surface area contributed by atoms with Gasteiger partial charge in [0.15, 0.2) is 5.76 Å². The highest BCUT2D eigenvalue weighted by molar-refractivity contribution is 6.31. The number of ether oxygens (including phenoxy) is 1. The fourth-order valence-corrected chi connectivity index (χ4v) is 4.09. The van der Waals surface area contributed by atoms with Crippen molar-refractivity contribution < 1.29 is 24.0 Å². The number of carboxylic acid groups (broad SMARTS) is 1. The lowest BCUT2D eigenvalue weighted by Gasteiger charge is -2.15. The van der Waals surface area contributed by atoms with Gasteiger partial charge in [0.05, 0.1) is 5.92 Å². The first-order chi connectivity index (χ1) is 17.2. The van der Waals surface area contributed by atoms with Crippen LogP contribution in [0.2, 0.25) is 5.02 Å². The summed E-state index contributed by atoms with van der Waals surface area (Å²) in [5.74, 6) is -0.983. The van der Waals surface area contributed by atoms with E-state index in [1.54, 1.807) is 32.9 Å². The number of benzene rings is 3. The number of hydrogen-bond acceptors (Lipinski definition) is 5. The van der Waals surface area contributed by atoms with Gasteiger partial charge in [-0.05, 0) is 43.5 Å². The number of nitrogens with zero attached hydrogens (tertiary/aromatic N) is 1. The van der Waals surface area contributed by atoms with Crippen LogP contribution in [0.15, 0.2) is 77.3 Å². The Morgan fingerprint density at radius 2 is 1.53 bits per heavy atom. The highest BCUT2D eigenvalue weighted by Crippen LogP contribution is 2.33. The maximum atomic E-state index is 12.6. The highest BCUT2D eigenvalue weighted by atomic mass is 35.5. The van der Waals surface area contributed by atoms with Gasteiger partial charge in [0.2, 0.25) is 0 Å². The van der Waals surface area contributed by atoms with Gasteiger partial charge in [-0.1, -0.05) is 83.5 Å². The number of anilines is 1. The second-order valence-electron chi connectivity index (χ2n) is 8.42. The van der Waals surface area contributed by atoms with E-state index in [1.165, 1.54) is 0 Å². The molecule has 3 aromatic carbocycles. The molecule has 2 unspecified atom stereocenters.